The van der Waals surface area contributed by atoms with Crippen molar-refractivity contribution in [2.75, 3.05) is 19.5 Å². The molecular formula is C20H18F2N4O6. The number of benzene rings is 2. The zero-order chi connectivity index (χ0) is 23.3. The third-order valence-electron chi connectivity index (χ3n) is 4.38. The molecule has 0 saturated carbocycles. The summed E-state index contributed by atoms with van der Waals surface area (Å²) in [5, 5.41) is 10.5. The molecule has 0 fully saturated rings. The number of carbonyl (C=O) groups excluding carboxylic acids is 2. The van der Waals surface area contributed by atoms with Crippen LogP contribution in [0.15, 0.2) is 41.2 Å². The summed E-state index contributed by atoms with van der Waals surface area (Å²) in [5.41, 5.74) is -0.265. The van der Waals surface area contributed by atoms with Gasteiger partial charge < -0.3 is 19.5 Å². The van der Waals surface area contributed by atoms with Gasteiger partial charge in [-0.05, 0) is 12.1 Å². The van der Waals surface area contributed by atoms with Gasteiger partial charge in [-0.15, -0.1) is 5.10 Å². The summed E-state index contributed by atoms with van der Waals surface area (Å²) in [6.07, 6.45) is -0.218. The second-order valence-electron chi connectivity index (χ2n) is 6.35. The molecule has 0 aliphatic carbocycles. The molecule has 0 saturated heterocycles. The minimum atomic E-state index is -3.16. The summed E-state index contributed by atoms with van der Waals surface area (Å²) in [5.74, 6) is -1.99. The van der Waals surface area contributed by atoms with Crippen molar-refractivity contribution in [3.63, 3.8) is 0 Å². The van der Waals surface area contributed by atoms with E-state index in [1.165, 1.54) is 7.11 Å². The van der Waals surface area contributed by atoms with E-state index < -0.39 is 24.0 Å². The number of ether oxygens (including phenoxy) is 3. The minimum Gasteiger partial charge on any atom is -0.493 e. The number of aromatic nitrogens is 3. The smallest absolute Gasteiger partial charge is 0.387 e. The van der Waals surface area contributed by atoms with Crippen molar-refractivity contribution >= 4 is 28.5 Å². The standard InChI is InChI=1S/C20H18F2N4O6/c1-30-15-9-12(19(29)31-2)14(10-16(15)32-20(21)22)23-17(27)7-8-26-18(28)11-5-3-4-6-13(11)24-25-26/h3-6,9-10,20H,7-8H2,1-2H3,(H,23,27). The number of alkyl halides is 2. The number of rotatable bonds is 8. The minimum absolute atomic E-state index is 0.105. The van der Waals surface area contributed by atoms with E-state index in [0.29, 0.717) is 10.9 Å². The molecule has 1 heterocycles. The number of halogens is 2. The monoisotopic (exact) mass is 448 g/mol. The lowest BCUT2D eigenvalue weighted by atomic mass is 10.1. The van der Waals surface area contributed by atoms with Gasteiger partial charge >= 0.3 is 12.6 Å². The quantitative estimate of drug-likeness (QED) is 0.521. The lowest BCUT2D eigenvalue weighted by Crippen LogP contribution is -2.26. The first kappa shape index (κ1) is 22.6. The van der Waals surface area contributed by atoms with Gasteiger partial charge in [0.05, 0.1) is 37.4 Å². The summed E-state index contributed by atoms with van der Waals surface area (Å²) >= 11 is 0. The SMILES string of the molecule is COC(=O)c1cc(OC)c(OC(F)F)cc1NC(=O)CCn1nnc2ccccc2c1=O. The Morgan fingerprint density at radius 2 is 1.91 bits per heavy atom. The second kappa shape index (κ2) is 9.81. The molecule has 0 radical (unpaired) electrons. The Hall–Kier alpha value is -4.09. The van der Waals surface area contributed by atoms with Crippen LogP contribution in [0.2, 0.25) is 0 Å². The highest BCUT2D eigenvalue weighted by Gasteiger charge is 2.21. The normalized spacial score (nSPS) is 10.8. The van der Waals surface area contributed by atoms with Gasteiger partial charge in [-0.1, -0.05) is 17.3 Å². The molecule has 12 heteroatoms. The Bertz CT molecular complexity index is 1210. The molecular weight excluding hydrogens is 430 g/mol. The number of esters is 1. The molecule has 0 aliphatic heterocycles. The van der Waals surface area contributed by atoms with Crippen LogP contribution < -0.4 is 20.3 Å². The number of fused-ring (bicyclic) bond motifs is 1. The molecule has 3 rings (SSSR count). The number of hydrogen-bond acceptors (Lipinski definition) is 8. The molecule has 0 bridgehead atoms. The number of amides is 1. The average Bonchev–Trinajstić information content (AvgIpc) is 2.78. The first-order chi connectivity index (χ1) is 15.3. The van der Waals surface area contributed by atoms with Crippen LogP contribution >= 0.6 is 0 Å². The van der Waals surface area contributed by atoms with Crippen molar-refractivity contribution in [2.24, 2.45) is 0 Å². The number of nitrogens with one attached hydrogen (secondary N) is 1. The predicted octanol–water partition coefficient (Wildman–Crippen LogP) is 2.22. The predicted molar refractivity (Wildman–Crippen MR) is 108 cm³/mol. The fraction of sp³-hybridized carbons (Fsp3) is 0.250. The van der Waals surface area contributed by atoms with E-state index in [0.717, 1.165) is 23.9 Å². The molecule has 0 unspecified atom stereocenters. The molecule has 0 atom stereocenters. The summed E-state index contributed by atoms with van der Waals surface area (Å²) in [6, 6.07) is 8.76. The first-order valence-electron chi connectivity index (χ1n) is 9.21. The van der Waals surface area contributed by atoms with Crippen molar-refractivity contribution in [1.82, 2.24) is 15.0 Å². The van der Waals surface area contributed by atoms with Gasteiger partial charge in [-0.2, -0.15) is 8.78 Å². The summed E-state index contributed by atoms with van der Waals surface area (Å²) < 4.78 is 40.5. The van der Waals surface area contributed by atoms with Crippen LogP contribution in [-0.4, -0.2) is 47.7 Å². The lowest BCUT2D eigenvalue weighted by molar-refractivity contribution is -0.116. The van der Waals surface area contributed by atoms with Gasteiger partial charge in [0.2, 0.25) is 5.91 Å². The van der Waals surface area contributed by atoms with E-state index >= 15 is 0 Å². The molecule has 0 spiro atoms. The Morgan fingerprint density at radius 3 is 2.59 bits per heavy atom. The van der Waals surface area contributed by atoms with Crippen molar-refractivity contribution in [1.29, 1.82) is 0 Å². The van der Waals surface area contributed by atoms with Gasteiger partial charge in [0.15, 0.2) is 11.5 Å². The van der Waals surface area contributed by atoms with E-state index in [2.05, 4.69) is 25.1 Å². The van der Waals surface area contributed by atoms with Gasteiger partial charge in [-0.3, -0.25) is 9.59 Å². The first-order valence-corrected chi connectivity index (χ1v) is 9.21. The van der Waals surface area contributed by atoms with Crippen molar-refractivity contribution < 1.29 is 32.6 Å². The molecule has 1 aromatic heterocycles. The molecule has 1 N–H and O–H groups in total. The van der Waals surface area contributed by atoms with Crippen molar-refractivity contribution in [3.05, 3.63) is 52.3 Å². The number of nitrogens with zero attached hydrogens (tertiary/aromatic N) is 3. The highest BCUT2D eigenvalue weighted by molar-refractivity contribution is 6.02. The zero-order valence-electron chi connectivity index (χ0n) is 17.0. The number of aryl methyl sites for hydroxylation is 1. The number of hydrogen-bond donors (Lipinski definition) is 1. The van der Waals surface area contributed by atoms with Crippen LogP contribution in [0.1, 0.15) is 16.8 Å². The van der Waals surface area contributed by atoms with Crippen LogP contribution in [0.25, 0.3) is 10.9 Å². The Balaban J connectivity index is 1.82. The maximum atomic E-state index is 12.7. The van der Waals surface area contributed by atoms with Crippen LogP contribution in [0.4, 0.5) is 14.5 Å². The van der Waals surface area contributed by atoms with E-state index in [1.54, 1.807) is 24.3 Å². The van der Waals surface area contributed by atoms with Crippen LogP contribution in [0.5, 0.6) is 11.5 Å². The third kappa shape index (κ3) is 4.96. The molecule has 10 nitrogen and oxygen atoms in total. The van der Waals surface area contributed by atoms with Gasteiger partial charge in [0.25, 0.3) is 5.56 Å². The number of anilines is 1. The highest BCUT2D eigenvalue weighted by atomic mass is 19.3. The second-order valence-corrected chi connectivity index (χ2v) is 6.35. The van der Waals surface area contributed by atoms with E-state index in [9.17, 15) is 23.2 Å². The van der Waals surface area contributed by atoms with Gasteiger partial charge in [0.1, 0.15) is 5.52 Å². The Morgan fingerprint density at radius 1 is 1.16 bits per heavy atom. The highest BCUT2D eigenvalue weighted by Crippen LogP contribution is 2.35. The molecule has 2 aromatic carbocycles. The molecule has 32 heavy (non-hydrogen) atoms. The summed E-state index contributed by atoms with van der Waals surface area (Å²) in [4.78, 5) is 37.0. The lowest BCUT2D eigenvalue weighted by Gasteiger charge is -2.15. The number of methoxy groups -OCH3 is 2. The van der Waals surface area contributed by atoms with Gasteiger partial charge in [-0.25, -0.2) is 9.48 Å². The van der Waals surface area contributed by atoms with Crippen LogP contribution in [-0.2, 0) is 16.1 Å². The van der Waals surface area contributed by atoms with Crippen molar-refractivity contribution in [2.45, 2.75) is 19.6 Å². The maximum absolute atomic E-state index is 12.7. The molecule has 168 valence electrons. The summed E-state index contributed by atoms with van der Waals surface area (Å²) in [6.45, 7) is -3.26. The van der Waals surface area contributed by atoms with Crippen LogP contribution in [0, 0.1) is 0 Å². The molecule has 0 aliphatic rings. The fourth-order valence-corrected chi connectivity index (χ4v) is 2.88. The zero-order valence-corrected chi connectivity index (χ0v) is 17.0. The Labute approximate surface area is 179 Å². The van der Waals surface area contributed by atoms with Crippen molar-refractivity contribution in [3.8, 4) is 11.5 Å². The largest absolute Gasteiger partial charge is 0.493 e. The maximum Gasteiger partial charge on any atom is 0.387 e. The van der Waals surface area contributed by atoms with E-state index in [1.807, 2.05) is 0 Å². The molecule has 3 aromatic rings. The Kier molecular flexibility index (Phi) is 6.93. The summed E-state index contributed by atoms with van der Waals surface area (Å²) in [7, 11) is 2.32. The van der Waals surface area contributed by atoms with Gasteiger partial charge in [0, 0.05) is 18.6 Å². The molecule has 1 amide bonds. The van der Waals surface area contributed by atoms with E-state index in [4.69, 9.17) is 4.74 Å². The third-order valence-corrected chi connectivity index (χ3v) is 4.38. The van der Waals surface area contributed by atoms with E-state index in [-0.39, 0.29) is 35.7 Å². The van der Waals surface area contributed by atoms with Crippen LogP contribution in [0.3, 0.4) is 0 Å². The fourth-order valence-electron chi connectivity index (χ4n) is 2.88. The average molecular weight is 448 g/mol. The topological polar surface area (TPSA) is 122 Å². The number of carbonyl (C=O) groups is 2.